The van der Waals surface area contributed by atoms with Crippen LogP contribution in [-0.2, 0) is 4.74 Å². The molecule has 0 radical (unpaired) electrons. The first kappa shape index (κ1) is 17.4. The highest BCUT2D eigenvalue weighted by atomic mass is 19.1. The van der Waals surface area contributed by atoms with Crippen molar-refractivity contribution in [2.24, 2.45) is 4.99 Å². The molecule has 1 aliphatic rings. The van der Waals surface area contributed by atoms with Crippen LogP contribution in [0.15, 0.2) is 47.5 Å². The van der Waals surface area contributed by atoms with E-state index in [2.05, 4.69) is 4.99 Å². The fourth-order valence-electron chi connectivity index (χ4n) is 2.70. The highest BCUT2D eigenvalue weighted by molar-refractivity contribution is 5.95. The lowest BCUT2D eigenvalue weighted by atomic mass is 10.0. The minimum absolute atomic E-state index is 0.0156. The molecule has 25 heavy (non-hydrogen) atoms. The van der Waals surface area contributed by atoms with E-state index in [0.29, 0.717) is 13.0 Å². The van der Waals surface area contributed by atoms with Gasteiger partial charge in [0, 0.05) is 6.42 Å². The normalized spacial score (nSPS) is 17.6. The molecular formula is C20H21F2NO2. The third-order valence-electron chi connectivity index (χ3n) is 3.77. The van der Waals surface area contributed by atoms with Gasteiger partial charge in [-0.25, -0.2) is 13.8 Å². The van der Waals surface area contributed by atoms with Crippen molar-refractivity contribution in [2.75, 3.05) is 6.61 Å². The van der Waals surface area contributed by atoms with Gasteiger partial charge in [-0.05, 0) is 50.6 Å². The third-order valence-corrected chi connectivity index (χ3v) is 3.77. The van der Waals surface area contributed by atoms with Crippen molar-refractivity contribution < 1.29 is 18.3 Å². The fraction of sp³-hybridized carbons (Fsp3) is 0.350. The first-order chi connectivity index (χ1) is 11.8. The van der Waals surface area contributed by atoms with Gasteiger partial charge in [0.25, 0.3) is 0 Å². The number of hydrogen-bond acceptors (Lipinski definition) is 3. The highest BCUT2D eigenvalue weighted by Gasteiger charge is 2.24. The van der Waals surface area contributed by atoms with Gasteiger partial charge >= 0.3 is 0 Å². The van der Waals surface area contributed by atoms with Gasteiger partial charge in [-0.3, -0.25) is 0 Å². The molecule has 0 aliphatic carbocycles. The zero-order chi connectivity index (χ0) is 18.0. The number of nitrogens with zero attached hydrogens (tertiary/aromatic N) is 1. The summed E-state index contributed by atoms with van der Waals surface area (Å²) in [4.78, 5) is 4.42. The van der Waals surface area contributed by atoms with Crippen LogP contribution in [0, 0.1) is 11.6 Å². The van der Waals surface area contributed by atoms with Gasteiger partial charge in [-0.15, -0.1) is 0 Å². The summed E-state index contributed by atoms with van der Waals surface area (Å²) < 4.78 is 39.1. The standard InChI is InChI=1S/C20H21F2NO2/c1-20(2,3)25-14-9-7-13(8-10-14)17-11-12-24-19(23-17)18-15(21)5-4-6-16(18)22/h4-10,17H,11-12H2,1-3H3. The van der Waals surface area contributed by atoms with Crippen LogP contribution in [0.3, 0.4) is 0 Å². The Balaban J connectivity index is 1.86. The average Bonchev–Trinajstić information content (AvgIpc) is 2.54. The second kappa shape index (κ2) is 6.82. The van der Waals surface area contributed by atoms with Gasteiger partial charge in [0.1, 0.15) is 28.5 Å². The second-order valence-electron chi connectivity index (χ2n) is 6.97. The smallest absolute Gasteiger partial charge is 0.222 e. The Labute approximate surface area is 146 Å². The summed E-state index contributed by atoms with van der Waals surface area (Å²) in [5.74, 6) is -0.559. The number of aliphatic imine (C=N–C) groups is 1. The van der Waals surface area contributed by atoms with Crippen molar-refractivity contribution in [2.45, 2.75) is 38.8 Å². The molecule has 2 aromatic carbocycles. The van der Waals surface area contributed by atoms with Crippen molar-refractivity contribution in [1.82, 2.24) is 0 Å². The van der Waals surface area contributed by atoms with E-state index in [1.54, 1.807) is 0 Å². The Morgan fingerprint density at radius 3 is 2.28 bits per heavy atom. The molecule has 0 fully saturated rings. The number of hydrogen-bond donors (Lipinski definition) is 0. The fourth-order valence-corrected chi connectivity index (χ4v) is 2.70. The summed E-state index contributed by atoms with van der Waals surface area (Å²) in [5.41, 5.74) is 0.479. The number of benzene rings is 2. The van der Waals surface area contributed by atoms with Gasteiger partial charge < -0.3 is 9.47 Å². The molecule has 2 aromatic rings. The Bertz CT molecular complexity index is 759. The van der Waals surface area contributed by atoms with Crippen LogP contribution in [0.2, 0.25) is 0 Å². The van der Waals surface area contributed by atoms with E-state index in [-0.39, 0.29) is 23.1 Å². The molecule has 0 saturated heterocycles. The monoisotopic (exact) mass is 345 g/mol. The molecule has 0 N–H and O–H groups in total. The molecule has 1 heterocycles. The highest BCUT2D eigenvalue weighted by Crippen LogP contribution is 2.29. The molecule has 0 saturated carbocycles. The maximum atomic E-state index is 14.0. The lowest BCUT2D eigenvalue weighted by Crippen LogP contribution is -2.23. The lowest BCUT2D eigenvalue weighted by molar-refractivity contribution is 0.131. The van der Waals surface area contributed by atoms with E-state index in [4.69, 9.17) is 9.47 Å². The van der Waals surface area contributed by atoms with E-state index < -0.39 is 11.6 Å². The lowest BCUT2D eigenvalue weighted by Gasteiger charge is -2.23. The van der Waals surface area contributed by atoms with Crippen molar-refractivity contribution in [3.05, 3.63) is 65.2 Å². The van der Waals surface area contributed by atoms with E-state index >= 15 is 0 Å². The summed E-state index contributed by atoms with van der Waals surface area (Å²) in [6, 6.07) is 11.1. The molecule has 0 aromatic heterocycles. The molecule has 0 bridgehead atoms. The molecule has 3 nitrogen and oxygen atoms in total. The Kier molecular flexibility index (Phi) is 4.75. The quantitative estimate of drug-likeness (QED) is 0.779. The molecule has 0 amide bonds. The predicted octanol–water partition coefficient (Wildman–Crippen LogP) is 5.05. The largest absolute Gasteiger partial charge is 0.488 e. The predicted molar refractivity (Wildman–Crippen MR) is 93.0 cm³/mol. The summed E-state index contributed by atoms with van der Waals surface area (Å²) in [5, 5.41) is 0. The molecule has 1 unspecified atom stereocenters. The van der Waals surface area contributed by atoms with Gasteiger partial charge in [0.15, 0.2) is 0 Å². The van der Waals surface area contributed by atoms with Crippen LogP contribution < -0.4 is 4.74 Å². The second-order valence-corrected chi connectivity index (χ2v) is 6.97. The number of halogens is 2. The van der Waals surface area contributed by atoms with Gasteiger partial charge in [-0.1, -0.05) is 18.2 Å². The van der Waals surface area contributed by atoms with Crippen LogP contribution in [0.5, 0.6) is 5.75 Å². The zero-order valence-electron chi connectivity index (χ0n) is 14.6. The van der Waals surface area contributed by atoms with E-state index in [1.807, 2.05) is 45.0 Å². The molecule has 0 spiro atoms. The molecule has 3 rings (SSSR count). The molecule has 5 heteroatoms. The van der Waals surface area contributed by atoms with Crippen molar-refractivity contribution in [3.63, 3.8) is 0 Å². The van der Waals surface area contributed by atoms with Gasteiger partial charge in [0.2, 0.25) is 5.90 Å². The summed E-state index contributed by atoms with van der Waals surface area (Å²) in [7, 11) is 0. The SMILES string of the molecule is CC(C)(C)Oc1ccc(C2CCOC(c3c(F)cccc3F)=N2)cc1. The van der Waals surface area contributed by atoms with E-state index in [9.17, 15) is 8.78 Å². The molecule has 132 valence electrons. The third kappa shape index (κ3) is 4.16. The summed E-state index contributed by atoms with van der Waals surface area (Å²) >= 11 is 0. The summed E-state index contributed by atoms with van der Waals surface area (Å²) in [6.45, 7) is 6.31. The van der Waals surface area contributed by atoms with Gasteiger partial charge in [-0.2, -0.15) is 0 Å². The Morgan fingerprint density at radius 1 is 1.04 bits per heavy atom. The number of ether oxygens (including phenoxy) is 2. The zero-order valence-corrected chi connectivity index (χ0v) is 14.6. The van der Waals surface area contributed by atoms with Gasteiger partial charge in [0.05, 0.1) is 12.6 Å². The van der Waals surface area contributed by atoms with E-state index in [0.717, 1.165) is 11.3 Å². The van der Waals surface area contributed by atoms with Crippen LogP contribution in [-0.4, -0.2) is 18.1 Å². The summed E-state index contributed by atoms with van der Waals surface area (Å²) in [6.07, 6.45) is 0.652. The van der Waals surface area contributed by atoms with Crippen LogP contribution in [0.1, 0.15) is 44.4 Å². The van der Waals surface area contributed by atoms with Crippen molar-refractivity contribution >= 4 is 5.90 Å². The molecular weight excluding hydrogens is 324 g/mol. The van der Waals surface area contributed by atoms with Crippen LogP contribution in [0.25, 0.3) is 0 Å². The average molecular weight is 345 g/mol. The maximum Gasteiger partial charge on any atom is 0.222 e. The van der Waals surface area contributed by atoms with Crippen LogP contribution in [0.4, 0.5) is 8.78 Å². The maximum absolute atomic E-state index is 14.0. The van der Waals surface area contributed by atoms with E-state index in [1.165, 1.54) is 18.2 Å². The van der Waals surface area contributed by atoms with Crippen LogP contribution >= 0.6 is 0 Å². The minimum Gasteiger partial charge on any atom is -0.488 e. The van der Waals surface area contributed by atoms with Crippen molar-refractivity contribution in [1.29, 1.82) is 0 Å². The molecule has 1 atom stereocenters. The minimum atomic E-state index is -0.673. The van der Waals surface area contributed by atoms with Crippen molar-refractivity contribution in [3.8, 4) is 5.75 Å². The topological polar surface area (TPSA) is 30.8 Å². The Hall–Kier alpha value is -2.43. The first-order valence-electron chi connectivity index (χ1n) is 8.27. The number of rotatable bonds is 3. The first-order valence-corrected chi connectivity index (χ1v) is 8.27. The Morgan fingerprint density at radius 2 is 1.68 bits per heavy atom. The molecule has 1 aliphatic heterocycles.